The maximum atomic E-state index is 5.73. The van der Waals surface area contributed by atoms with Gasteiger partial charge in [0, 0.05) is 29.7 Å². The average Bonchev–Trinajstić information content (AvgIpc) is 3.12. The molecule has 2 saturated carbocycles. The van der Waals surface area contributed by atoms with Crippen molar-refractivity contribution in [1.82, 2.24) is 9.88 Å². The predicted octanol–water partition coefficient (Wildman–Crippen LogP) is 3.69. The van der Waals surface area contributed by atoms with Crippen molar-refractivity contribution in [2.24, 2.45) is 5.92 Å². The van der Waals surface area contributed by atoms with Gasteiger partial charge in [0.2, 0.25) is 0 Å². The molecule has 3 rings (SSSR count). The van der Waals surface area contributed by atoms with E-state index in [1.165, 1.54) is 43.4 Å². The van der Waals surface area contributed by atoms with Crippen LogP contribution in [0.25, 0.3) is 0 Å². The number of rotatable bonds is 4. The Morgan fingerprint density at radius 2 is 1.79 bits per heavy atom. The fourth-order valence-corrected chi connectivity index (χ4v) is 3.81. The van der Waals surface area contributed by atoms with Gasteiger partial charge in [-0.1, -0.05) is 6.92 Å². The number of anilines is 1. The first-order valence-corrected chi connectivity index (χ1v) is 8.00. The van der Waals surface area contributed by atoms with Crippen LogP contribution >= 0.6 is 23.7 Å². The number of hydrogen-bond donors (Lipinski definition) is 1. The Bertz CT molecular complexity index is 397. The van der Waals surface area contributed by atoms with Gasteiger partial charge in [0.1, 0.15) is 0 Å². The molecule has 1 heterocycles. The van der Waals surface area contributed by atoms with Crippen molar-refractivity contribution in [3.63, 3.8) is 0 Å². The summed E-state index contributed by atoms with van der Waals surface area (Å²) in [6.45, 7) is 3.46. The zero-order chi connectivity index (χ0) is 12.5. The molecule has 0 radical (unpaired) electrons. The number of aromatic nitrogens is 1. The third-order valence-electron chi connectivity index (χ3n) is 4.38. The number of nitrogens with two attached hydrogens (primary N) is 1. The number of nitrogen functional groups attached to an aromatic ring is 1. The second kappa shape index (κ2) is 6.42. The standard InChI is InChI=1S/C14H23N3S.ClH/c1-10-2-4-11(5-3-10)17(12-6-7-12)9-13-8-16-14(15)18-13;/h8,10-12H,2-7,9H2,1H3,(H2,15,16);1H. The fraction of sp³-hybridized carbons (Fsp3) is 0.786. The van der Waals surface area contributed by atoms with Gasteiger partial charge in [0.05, 0.1) is 0 Å². The Hall–Kier alpha value is -0.320. The molecule has 0 unspecified atom stereocenters. The highest BCUT2D eigenvalue weighted by Crippen LogP contribution is 2.36. The number of thiazole rings is 1. The van der Waals surface area contributed by atoms with E-state index in [4.69, 9.17) is 5.73 Å². The molecule has 2 N–H and O–H groups in total. The van der Waals surface area contributed by atoms with Gasteiger partial charge in [-0.15, -0.1) is 23.7 Å². The molecule has 0 spiro atoms. The molecule has 0 aromatic carbocycles. The van der Waals surface area contributed by atoms with Crippen LogP contribution in [0, 0.1) is 5.92 Å². The summed E-state index contributed by atoms with van der Waals surface area (Å²) in [7, 11) is 0. The van der Waals surface area contributed by atoms with Crippen LogP contribution in [-0.4, -0.2) is 22.0 Å². The molecule has 108 valence electrons. The maximum absolute atomic E-state index is 5.73. The van der Waals surface area contributed by atoms with Gasteiger partial charge in [0.25, 0.3) is 0 Å². The molecular weight excluding hydrogens is 278 g/mol. The molecule has 19 heavy (non-hydrogen) atoms. The van der Waals surface area contributed by atoms with Crippen molar-refractivity contribution in [3.8, 4) is 0 Å². The van der Waals surface area contributed by atoms with Crippen molar-refractivity contribution >= 4 is 28.9 Å². The van der Waals surface area contributed by atoms with E-state index in [2.05, 4.69) is 16.8 Å². The molecule has 3 nitrogen and oxygen atoms in total. The van der Waals surface area contributed by atoms with Gasteiger partial charge >= 0.3 is 0 Å². The zero-order valence-corrected chi connectivity index (χ0v) is 13.2. The molecule has 0 amide bonds. The molecule has 2 fully saturated rings. The smallest absolute Gasteiger partial charge is 0.180 e. The maximum Gasteiger partial charge on any atom is 0.180 e. The van der Waals surface area contributed by atoms with Gasteiger partial charge in [0.15, 0.2) is 5.13 Å². The Labute approximate surface area is 126 Å². The fourth-order valence-electron chi connectivity index (χ4n) is 3.11. The first-order valence-electron chi connectivity index (χ1n) is 7.18. The molecule has 0 bridgehead atoms. The van der Waals surface area contributed by atoms with Crippen molar-refractivity contribution in [3.05, 3.63) is 11.1 Å². The highest BCUT2D eigenvalue weighted by Gasteiger charge is 2.35. The van der Waals surface area contributed by atoms with Crippen LogP contribution in [0.3, 0.4) is 0 Å². The molecule has 0 aliphatic heterocycles. The van der Waals surface area contributed by atoms with Gasteiger partial charge in [-0.25, -0.2) is 4.98 Å². The van der Waals surface area contributed by atoms with Crippen LogP contribution in [0.1, 0.15) is 50.3 Å². The lowest BCUT2D eigenvalue weighted by molar-refractivity contribution is 0.125. The predicted molar refractivity (Wildman–Crippen MR) is 83.8 cm³/mol. The lowest BCUT2D eigenvalue weighted by Crippen LogP contribution is -2.38. The minimum atomic E-state index is 0. The Morgan fingerprint density at radius 3 is 2.26 bits per heavy atom. The van der Waals surface area contributed by atoms with E-state index in [9.17, 15) is 0 Å². The van der Waals surface area contributed by atoms with Crippen molar-refractivity contribution in [1.29, 1.82) is 0 Å². The highest BCUT2D eigenvalue weighted by atomic mass is 35.5. The van der Waals surface area contributed by atoms with E-state index in [1.54, 1.807) is 11.3 Å². The number of halogens is 1. The summed E-state index contributed by atoms with van der Waals surface area (Å²) in [4.78, 5) is 8.24. The summed E-state index contributed by atoms with van der Waals surface area (Å²) >= 11 is 1.65. The summed E-state index contributed by atoms with van der Waals surface area (Å²) in [5, 5.41) is 0.706. The quantitative estimate of drug-likeness (QED) is 0.922. The van der Waals surface area contributed by atoms with Crippen LogP contribution < -0.4 is 5.73 Å². The first kappa shape index (κ1) is 15.1. The molecule has 0 atom stereocenters. The van der Waals surface area contributed by atoms with Crippen LogP contribution in [0.4, 0.5) is 5.13 Å². The topological polar surface area (TPSA) is 42.2 Å². The molecular formula is C14H24ClN3S. The van der Waals surface area contributed by atoms with E-state index >= 15 is 0 Å². The second-order valence-corrected chi connectivity index (χ2v) is 7.13. The van der Waals surface area contributed by atoms with Crippen molar-refractivity contribution in [2.45, 2.75) is 64.1 Å². The Kier molecular flexibility index (Phi) is 5.09. The second-order valence-electron chi connectivity index (χ2n) is 5.98. The van der Waals surface area contributed by atoms with E-state index < -0.39 is 0 Å². The van der Waals surface area contributed by atoms with E-state index in [-0.39, 0.29) is 12.4 Å². The lowest BCUT2D eigenvalue weighted by Gasteiger charge is -2.36. The first-order chi connectivity index (χ1) is 8.72. The summed E-state index contributed by atoms with van der Waals surface area (Å²) in [6, 6.07) is 1.64. The average molecular weight is 302 g/mol. The van der Waals surface area contributed by atoms with Gasteiger partial charge in [-0.2, -0.15) is 0 Å². The molecule has 0 saturated heterocycles. The molecule has 2 aliphatic carbocycles. The number of nitrogens with zero attached hydrogens (tertiary/aromatic N) is 2. The number of hydrogen-bond acceptors (Lipinski definition) is 4. The van der Waals surface area contributed by atoms with Gasteiger partial charge in [-0.3, -0.25) is 4.90 Å². The van der Waals surface area contributed by atoms with Crippen molar-refractivity contribution in [2.75, 3.05) is 5.73 Å². The van der Waals surface area contributed by atoms with Crippen LogP contribution in [0.5, 0.6) is 0 Å². The minimum absolute atomic E-state index is 0. The van der Waals surface area contributed by atoms with Gasteiger partial charge in [-0.05, 0) is 44.4 Å². The Balaban J connectivity index is 0.00000133. The third kappa shape index (κ3) is 3.83. The summed E-state index contributed by atoms with van der Waals surface area (Å²) in [5.41, 5.74) is 5.73. The molecule has 2 aliphatic rings. The summed E-state index contributed by atoms with van der Waals surface area (Å²) in [5.74, 6) is 0.932. The van der Waals surface area contributed by atoms with Crippen molar-refractivity contribution < 1.29 is 0 Å². The van der Waals surface area contributed by atoms with E-state index in [0.717, 1.165) is 24.5 Å². The van der Waals surface area contributed by atoms with Crippen LogP contribution in [0.15, 0.2) is 6.20 Å². The molecule has 1 aromatic rings. The largest absolute Gasteiger partial charge is 0.375 e. The molecule has 1 aromatic heterocycles. The minimum Gasteiger partial charge on any atom is -0.375 e. The SMILES string of the molecule is CC1CCC(N(Cc2cnc(N)s2)C2CC2)CC1.Cl. The normalized spacial score (nSPS) is 27.3. The van der Waals surface area contributed by atoms with E-state index in [0.29, 0.717) is 5.13 Å². The third-order valence-corrected chi connectivity index (χ3v) is 5.19. The zero-order valence-electron chi connectivity index (χ0n) is 11.5. The highest BCUT2D eigenvalue weighted by molar-refractivity contribution is 7.15. The Morgan fingerprint density at radius 1 is 1.21 bits per heavy atom. The lowest BCUT2D eigenvalue weighted by atomic mass is 9.86. The summed E-state index contributed by atoms with van der Waals surface area (Å²) in [6.07, 6.45) is 10.3. The monoisotopic (exact) mass is 301 g/mol. The van der Waals surface area contributed by atoms with Crippen LogP contribution in [0.2, 0.25) is 0 Å². The molecule has 5 heteroatoms. The van der Waals surface area contributed by atoms with Crippen LogP contribution in [-0.2, 0) is 6.54 Å². The summed E-state index contributed by atoms with van der Waals surface area (Å²) < 4.78 is 0. The van der Waals surface area contributed by atoms with E-state index in [1.807, 2.05) is 6.20 Å². The van der Waals surface area contributed by atoms with Gasteiger partial charge < -0.3 is 5.73 Å².